The summed E-state index contributed by atoms with van der Waals surface area (Å²) in [5, 5.41) is 4.89. The molecular weight excluding hydrogens is 683 g/mol. The van der Waals surface area contributed by atoms with Crippen molar-refractivity contribution in [2.45, 2.75) is 12.8 Å². The van der Waals surface area contributed by atoms with Crippen LogP contribution < -0.4 is 0 Å². The number of para-hydroxylation sites is 3. The van der Waals surface area contributed by atoms with Crippen molar-refractivity contribution in [3.63, 3.8) is 0 Å². The molecule has 0 saturated carbocycles. The molecule has 0 fully saturated rings. The summed E-state index contributed by atoms with van der Waals surface area (Å²) in [7, 11) is 0. The van der Waals surface area contributed by atoms with Crippen LogP contribution in [0.3, 0.4) is 0 Å². The Kier molecular flexibility index (Phi) is 7.56. The first kappa shape index (κ1) is 32.1. The second-order valence-corrected chi connectivity index (χ2v) is 14.4. The van der Waals surface area contributed by atoms with Gasteiger partial charge in [-0.3, -0.25) is 0 Å². The van der Waals surface area contributed by atoms with Crippen LogP contribution in [0.15, 0.2) is 188 Å². The van der Waals surface area contributed by atoms with Crippen molar-refractivity contribution in [3.05, 3.63) is 194 Å². The molecule has 10 aromatic rings. The summed E-state index contributed by atoms with van der Waals surface area (Å²) in [6, 6.07) is 62.0. The van der Waals surface area contributed by atoms with Crippen molar-refractivity contribution in [3.8, 4) is 39.9 Å². The van der Waals surface area contributed by atoms with Crippen molar-refractivity contribution < 1.29 is 0 Å². The molecule has 5 heteroatoms. The summed E-state index contributed by atoms with van der Waals surface area (Å²) >= 11 is 0. The lowest BCUT2D eigenvalue weighted by molar-refractivity contribution is 1.04. The van der Waals surface area contributed by atoms with Gasteiger partial charge in [-0.25, -0.2) is 15.0 Å². The van der Waals surface area contributed by atoms with E-state index in [1.54, 1.807) is 0 Å². The molecule has 0 aliphatic heterocycles. The normalized spacial score (nSPS) is 13.1. The van der Waals surface area contributed by atoms with Crippen LogP contribution in [0, 0.1) is 0 Å². The fraction of sp³-hybridized carbons (Fsp3) is 0.0392. The van der Waals surface area contributed by atoms with Gasteiger partial charge in [-0.1, -0.05) is 133 Å². The molecule has 0 amide bonds. The van der Waals surface area contributed by atoms with E-state index in [9.17, 15) is 0 Å². The topological polar surface area (TPSA) is 48.5 Å². The van der Waals surface area contributed by atoms with E-state index in [0.29, 0.717) is 17.5 Å². The molecule has 264 valence electrons. The third-order valence-corrected chi connectivity index (χ3v) is 11.0. The molecule has 0 unspecified atom stereocenters. The van der Waals surface area contributed by atoms with E-state index in [1.165, 1.54) is 55.2 Å². The Morgan fingerprint density at radius 3 is 1.57 bits per heavy atom. The Balaban J connectivity index is 1.04. The maximum Gasteiger partial charge on any atom is 0.164 e. The van der Waals surface area contributed by atoms with E-state index < -0.39 is 0 Å². The van der Waals surface area contributed by atoms with Gasteiger partial charge in [0, 0.05) is 49.6 Å². The number of aromatic nitrogens is 5. The van der Waals surface area contributed by atoms with Crippen molar-refractivity contribution in [1.82, 2.24) is 24.1 Å². The van der Waals surface area contributed by atoms with E-state index in [-0.39, 0.29) is 0 Å². The number of hydrogen-bond acceptors (Lipinski definition) is 3. The van der Waals surface area contributed by atoms with Gasteiger partial charge in [-0.2, -0.15) is 0 Å². The lowest BCUT2D eigenvalue weighted by Gasteiger charge is -2.18. The molecule has 3 heterocycles. The van der Waals surface area contributed by atoms with Gasteiger partial charge in [0.15, 0.2) is 17.5 Å². The minimum absolute atomic E-state index is 0.652. The van der Waals surface area contributed by atoms with Crippen LogP contribution in [-0.2, 0) is 0 Å². The minimum atomic E-state index is 0.652. The van der Waals surface area contributed by atoms with Crippen LogP contribution >= 0.6 is 0 Å². The van der Waals surface area contributed by atoms with Crippen LogP contribution in [0.4, 0.5) is 0 Å². The zero-order valence-corrected chi connectivity index (χ0v) is 30.5. The Bertz CT molecular complexity index is 3110. The smallest absolute Gasteiger partial charge is 0.164 e. The van der Waals surface area contributed by atoms with Crippen LogP contribution in [0.2, 0.25) is 0 Å². The van der Waals surface area contributed by atoms with Crippen LogP contribution in [0.1, 0.15) is 18.4 Å². The number of fused-ring (bicyclic) bond motifs is 6. The first-order valence-corrected chi connectivity index (χ1v) is 19.2. The van der Waals surface area contributed by atoms with E-state index in [4.69, 9.17) is 15.0 Å². The second kappa shape index (κ2) is 13.2. The summed E-state index contributed by atoms with van der Waals surface area (Å²) in [4.78, 5) is 15.0. The monoisotopic (exact) mass is 717 g/mol. The maximum atomic E-state index is 5.04. The van der Waals surface area contributed by atoms with Crippen molar-refractivity contribution in [1.29, 1.82) is 0 Å². The zero-order chi connectivity index (χ0) is 37.0. The first-order chi connectivity index (χ1) is 27.8. The van der Waals surface area contributed by atoms with E-state index in [2.05, 4.69) is 137 Å². The molecule has 0 atom stereocenters. The Morgan fingerprint density at radius 2 is 0.893 bits per heavy atom. The largest absolute Gasteiger partial charge is 0.310 e. The van der Waals surface area contributed by atoms with Gasteiger partial charge in [0.25, 0.3) is 0 Å². The second-order valence-electron chi connectivity index (χ2n) is 14.4. The number of rotatable bonds is 6. The van der Waals surface area contributed by atoms with Crippen LogP contribution in [0.5, 0.6) is 0 Å². The Hall–Kier alpha value is -7.37. The molecule has 0 saturated heterocycles. The van der Waals surface area contributed by atoms with Gasteiger partial charge < -0.3 is 9.13 Å². The first-order valence-electron chi connectivity index (χ1n) is 19.2. The predicted octanol–water partition coefficient (Wildman–Crippen LogP) is 12.8. The molecule has 1 aliphatic rings. The van der Waals surface area contributed by atoms with Crippen molar-refractivity contribution in [2.75, 3.05) is 0 Å². The predicted molar refractivity (Wildman–Crippen MR) is 231 cm³/mol. The molecule has 0 radical (unpaired) electrons. The summed E-state index contributed by atoms with van der Waals surface area (Å²) in [5.74, 6) is 1.97. The highest BCUT2D eigenvalue weighted by Crippen LogP contribution is 2.39. The third-order valence-electron chi connectivity index (χ3n) is 11.0. The molecule has 0 bridgehead atoms. The average Bonchev–Trinajstić information content (AvgIpc) is 3.79. The summed E-state index contributed by atoms with van der Waals surface area (Å²) in [5.41, 5.74) is 12.6. The molecule has 5 nitrogen and oxygen atoms in total. The van der Waals surface area contributed by atoms with Gasteiger partial charge in [-0.15, -0.1) is 0 Å². The zero-order valence-electron chi connectivity index (χ0n) is 30.5. The Labute approximate surface area is 324 Å². The van der Waals surface area contributed by atoms with Crippen LogP contribution in [-0.4, -0.2) is 24.1 Å². The van der Waals surface area contributed by atoms with E-state index >= 15 is 0 Å². The summed E-state index contributed by atoms with van der Waals surface area (Å²) in [6.45, 7) is 0. The number of benzene rings is 7. The average molecular weight is 718 g/mol. The SMILES string of the molecule is C1=C(c2ccc3c4ccccc4n(-c4ccccc4)c3c2)CCC=C1n1c2ccccc2c2cc(-c3nc(-c4ccccc4)nc(-c4ccccc4)n3)ccc21. The highest BCUT2D eigenvalue weighted by Gasteiger charge is 2.20. The molecule has 0 spiro atoms. The van der Waals surface area contributed by atoms with E-state index in [0.717, 1.165) is 40.4 Å². The van der Waals surface area contributed by atoms with Crippen LogP contribution in [0.25, 0.3) is 94.7 Å². The fourth-order valence-electron chi connectivity index (χ4n) is 8.42. The molecule has 7 aromatic carbocycles. The highest BCUT2D eigenvalue weighted by atomic mass is 15.0. The summed E-state index contributed by atoms with van der Waals surface area (Å²) in [6.07, 6.45) is 6.72. The highest BCUT2D eigenvalue weighted by molar-refractivity contribution is 6.12. The number of hydrogen-bond donors (Lipinski definition) is 0. The molecule has 11 rings (SSSR count). The molecule has 56 heavy (non-hydrogen) atoms. The minimum Gasteiger partial charge on any atom is -0.310 e. The fourth-order valence-corrected chi connectivity index (χ4v) is 8.42. The van der Waals surface area contributed by atoms with E-state index in [1.807, 2.05) is 60.7 Å². The van der Waals surface area contributed by atoms with Crippen molar-refractivity contribution >= 4 is 54.9 Å². The Morgan fingerprint density at radius 1 is 0.375 bits per heavy atom. The summed E-state index contributed by atoms with van der Waals surface area (Å²) < 4.78 is 4.82. The quantitative estimate of drug-likeness (QED) is 0.172. The lowest BCUT2D eigenvalue weighted by Crippen LogP contribution is -2.01. The standard InChI is InChI=1S/C51H35N5/c1-4-15-34(16-5-1)49-52-50(35-17-6-2-7-18-35)54-51(53-49)38-28-30-47-44(32-38)42-24-11-13-26-46(42)56(47)40-22-14-19-36(31-40)37-27-29-43-41-23-10-12-25-45(41)55(48(43)33-37)39-20-8-3-9-21-39/h1-13,15-18,20-33H,14,19H2. The number of allylic oxidation sites excluding steroid dienone is 4. The lowest BCUT2D eigenvalue weighted by atomic mass is 9.95. The van der Waals surface area contributed by atoms with Gasteiger partial charge in [-0.05, 0) is 78.6 Å². The maximum absolute atomic E-state index is 5.04. The van der Waals surface area contributed by atoms with Gasteiger partial charge >= 0.3 is 0 Å². The molecule has 1 aliphatic carbocycles. The number of nitrogens with zero attached hydrogens (tertiary/aromatic N) is 5. The third kappa shape index (κ3) is 5.36. The van der Waals surface area contributed by atoms with Gasteiger partial charge in [0.1, 0.15) is 0 Å². The molecule has 0 N–H and O–H groups in total. The van der Waals surface area contributed by atoms with Gasteiger partial charge in [0.2, 0.25) is 0 Å². The molecular formula is C51H35N5. The van der Waals surface area contributed by atoms with Gasteiger partial charge in [0.05, 0.1) is 22.1 Å². The van der Waals surface area contributed by atoms with Crippen molar-refractivity contribution in [2.24, 2.45) is 0 Å². The molecule has 3 aromatic heterocycles.